The second-order valence-corrected chi connectivity index (χ2v) is 31.7. The van der Waals surface area contributed by atoms with E-state index in [0.717, 1.165) is 113 Å². The van der Waals surface area contributed by atoms with E-state index in [9.17, 15) is 68.3 Å². The first-order valence-electron chi connectivity index (χ1n) is 39.8. The summed E-state index contributed by atoms with van der Waals surface area (Å²) in [5, 5.41) is 0. The molecule has 3 saturated heterocycles. The zero-order valence-corrected chi connectivity index (χ0v) is 66.1. The predicted octanol–water partition coefficient (Wildman–Crippen LogP) is 15.5. The normalized spacial score (nSPS) is 19.4. The van der Waals surface area contributed by atoms with Gasteiger partial charge >= 0.3 is 18.5 Å². The van der Waals surface area contributed by atoms with Gasteiger partial charge in [0.2, 0.25) is 11.8 Å². The van der Waals surface area contributed by atoms with Crippen LogP contribution >= 0.6 is 0 Å². The number of aromatic nitrogens is 12. The smallest absolute Gasteiger partial charge is 0.382 e. The molecule has 628 valence electrons. The number of carbonyl (C=O) groups is 6. The number of hydrogen-bond donors (Lipinski definition) is 3. The molecule has 7 unspecified atom stereocenters. The summed E-state index contributed by atoms with van der Waals surface area (Å²) in [5.74, 6) is 7.99. The molecule has 1 spiro atoms. The Labute approximate surface area is 697 Å². The van der Waals surface area contributed by atoms with E-state index in [1.54, 1.807) is 117 Å². The van der Waals surface area contributed by atoms with Crippen molar-refractivity contribution in [3.05, 3.63) is 258 Å². The van der Waals surface area contributed by atoms with Crippen LogP contribution in [-0.4, -0.2) is 127 Å². The predicted molar refractivity (Wildman–Crippen MR) is 435 cm³/mol. The Kier molecular flexibility index (Phi) is 22.2. The first-order valence-corrected chi connectivity index (χ1v) is 39.8. The number of carbonyl (C=O) groups excluding carboxylic acids is 6. The van der Waals surface area contributed by atoms with Gasteiger partial charge in [-0.15, -0.1) is 0 Å². The molecule has 12 aromatic rings. The van der Waals surface area contributed by atoms with E-state index >= 15 is 0 Å². The van der Waals surface area contributed by atoms with Gasteiger partial charge in [-0.05, 0) is 135 Å². The molecular weight excluding hydrogens is 1600 g/mol. The Morgan fingerprint density at radius 1 is 0.463 bits per heavy atom. The van der Waals surface area contributed by atoms with E-state index in [-0.39, 0.29) is 124 Å². The lowest BCUT2D eigenvalue weighted by atomic mass is 9.93. The van der Waals surface area contributed by atoms with Crippen LogP contribution in [0, 0.1) is 40.9 Å². The van der Waals surface area contributed by atoms with Crippen molar-refractivity contribution in [2.75, 3.05) is 36.8 Å². The molecule has 0 radical (unpaired) electrons. The van der Waals surface area contributed by atoms with Gasteiger partial charge in [-0.3, -0.25) is 56.9 Å². The molecule has 0 bridgehead atoms. The molecule has 3 saturated carbocycles. The Balaban J connectivity index is 0.000000137. The number of amides is 3. The van der Waals surface area contributed by atoms with Crippen LogP contribution in [0.2, 0.25) is 0 Å². The number of likely N-dealkylation sites (tertiary alicyclic amines) is 3. The van der Waals surface area contributed by atoms with E-state index in [0.29, 0.717) is 116 Å². The number of hydrogen-bond acceptors (Lipinski definition) is 18. The van der Waals surface area contributed by atoms with E-state index in [1.165, 1.54) is 12.2 Å². The maximum atomic E-state index is 13.1. The average molecular weight is 1680 g/mol. The van der Waals surface area contributed by atoms with Gasteiger partial charge < -0.3 is 31.9 Å². The Hall–Kier alpha value is -13.8. The van der Waals surface area contributed by atoms with Crippen molar-refractivity contribution in [2.45, 2.75) is 121 Å². The third-order valence-electron chi connectivity index (χ3n) is 24.2. The minimum Gasteiger partial charge on any atom is -0.382 e. The largest absolute Gasteiger partial charge is 0.416 e. The van der Waals surface area contributed by atoms with E-state index < -0.39 is 35.2 Å². The van der Waals surface area contributed by atoms with Crippen LogP contribution in [0.3, 0.4) is 0 Å². The van der Waals surface area contributed by atoms with Gasteiger partial charge in [-0.25, -0.2) is 29.9 Å². The van der Waals surface area contributed by atoms with Crippen LogP contribution in [0.1, 0.15) is 165 Å². The van der Waals surface area contributed by atoms with Gasteiger partial charge in [-0.1, -0.05) is 105 Å². The van der Waals surface area contributed by atoms with E-state index in [1.807, 2.05) is 27.9 Å². The summed E-state index contributed by atoms with van der Waals surface area (Å²) in [5.41, 5.74) is 23.1. The molecule has 3 amide bonds. The third kappa shape index (κ3) is 16.5. The Bertz CT molecular complexity index is 6270. The molecule has 123 heavy (non-hydrogen) atoms. The number of pyridine rings is 3. The highest BCUT2D eigenvalue weighted by Gasteiger charge is 2.55. The molecule has 24 nitrogen and oxygen atoms in total. The standard InChI is InChI=1S/C31H27F3N6O2.C30H27F3N6O2.C29H25F3N6O2/c1-2-4-25(42)40-17-20-5-3-6-23(20)27(40)30-38-26(28-29(35)37-13-14-39(28)30)19-9-7-18(8-10-19)24(41)16-22-15-21(11-12-36-22)31(32,33)34;1-2-24(41)39-16-19-4-3-5-22(19)26(39)29-37-25(27-28(34)36-12-13-38(27)29)18-8-6-17(7-9-18)23(40)15-21-14-20(10-11-35-21)30(31,32)33;1-2-23(40)38-16-28(8-9-28)15-21(38)27-36-24(25-26(33)35-11-12-37(25)27)18-5-3-17(4-6-18)22(39)14-20-13-19(7-10-34-20)29(30,31)32/h7-15,20,23,27H,3,5-6,16-17H2,1H3,(H2,35,37);2,6-14,19,22,26H,1,3-5,15-16H2,(H2,34,36);2-7,10-13,21H,1,8-9,14-16H2,(H2,33,35). The number of nitrogen functional groups attached to an aromatic ring is 3. The van der Waals surface area contributed by atoms with Crippen LogP contribution in [0.15, 0.2) is 190 Å². The third-order valence-corrected chi connectivity index (χ3v) is 24.2. The van der Waals surface area contributed by atoms with Crippen molar-refractivity contribution in [1.29, 1.82) is 0 Å². The summed E-state index contributed by atoms with van der Waals surface area (Å²) >= 11 is 0. The maximum absolute atomic E-state index is 13.1. The SMILES string of the molecule is C=CC(=O)N1CC2(CC2)CC1c1nc(-c2ccc(C(=O)Cc3cc(C(F)(F)F)ccn3)cc2)c2c(N)nccn12.C=CC(=O)N1CC2CCCC2C1c1nc(-c2ccc(C(=O)Cc3cc(C(F)(F)F)ccn3)cc2)c2c(N)nccn12.CC#CC(=O)N1CC2CCCC2C1c1nc(-c2ccc(C(=O)Cc3cc(C(F)(F)F)ccn3)cc2)c2c(N)nccn12. The number of anilines is 3. The summed E-state index contributed by atoms with van der Waals surface area (Å²) < 4.78 is 123. The van der Waals surface area contributed by atoms with Crippen LogP contribution in [0.25, 0.3) is 50.3 Å². The minimum atomic E-state index is -4.52. The molecule has 12 heterocycles. The highest BCUT2D eigenvalue weighted by Crippen LogP contribution is 2.59. The van der Waals surface area contributed by atoms with Crippen LogP contribution in [-0.2, 0) is 52.2 Å². The fourth-order valence-electron chi connectivity index (χ4n) is 18.2. The number of halogens is 9. The molecule has 18 rings (SSSR count). The molecule has 6 aliphatic rings. The van der Waals surface area contributed by atoms with Crippen molar-refractivity contribution in [1.82, 2.24) is 72.8 Å². The molecule has 3 aliphatic heterocycles. The number of nitrogens with zero attached hydrogens (tertiary/aromatic N) is 15. The summed E-state index contributed by atoms with van der Waals surface area (Å²) in [6, 6.07) is 24.5. The molecule has 33 heteroatoms. The first kappa shape index (κ1) is 82.9. The van der Waals surface area contributed by atoms with Gasteiger partial charge in [-0.2, -0.15) is 39.5 Å². The molecular formula is C90H79F9N18O6. The lowest BCUT2D eigenvalue weighted by molar-refractivity contribution is -0.138. The van der Waals surface area contributed by atoms with E-state index in [2.05, 4.69) is 54.9 Å². The number of alkyl halides is 9. The van der Waals surface area contributed by atoms with E-state index in [4.69, 9.17) is 32.2 Å². The van der Waals surface area contributed by atoms with Gasteiger partial charge in [0, 0.05) is 126 Å². The van der Waals surface area contributed by atoms with Crippen LogP contribution in [0.4, 0.5) is 57.0 Å². The van der Waals surface area contributed by atoms with Crippen molar-refractivity contribution in [2.24, 2.45) is 29.1 Å². The van der Waals surface area contributed by atoms with Crippen molar-refractivity contribution in [3.8, 4) is 45.6 Å². The zero-order chi connectivity index (χ0) is 86.7. The van der Waals surface area contributed by atoms with Crippen molar-refractivity contribution in [3.63, 3.8) is 0 Å². The molecule has 6 N–H and O–H groups in total. The molecule has 3 aliphatic carbocycles. The van der Waals surface area contributed by atoms with Gasteiger partial charge in [0.1, 0.15) is 68.6 Å². The van der Waals surface area contributed by atoms with Crippen LogP contribution < -0.4 is 17.2 Å². The number of ketones is 3. The second kappa shape index (κ2) is 33.0. The lowest BCUT2D eigenvalue weighted by Gasteiger charge is -2.26. The van der Waals surface area contributed by atoms with Crippen molar-refractivity contribution < 1.29 is 68.3 Å². The Morgan fingerprint density at radius 3 is 1.17 bits per heavy atom. The monoisotopic (exact) mass is 1680 g/mol. The number of fused-ring (bicyclic) bond motifs is 5. The highest BCUT2D eigenvalue weighted by atomic mass is 19.4. The fourth-order valence-corrected chi connectivity index (χ4v) is 18.2. The zero-order valence-electron chi connectivity index (χ0n) is 66.1. The topological polar surface area (TPSA) is 319 Å². The average Bonchev–Trinajstić information content (AvgIpc) is 1.57. The summed E-state index contributed by atoms with van der Waals surface area (Å²) in [7, 11) is 0. The number of rotatable bonds is 17. The van der Waals surface area contributed by atoms with Gasteiger partial charge in [0.25, 0.3) is 5.91 Å². The summed E-state index contributed by atoms with van der Waals surface area (Å²) in [6.07, 6.45) is 10.8. The van der Waals surface area contributed by atoms with Crippen molar-refractivity contribution >= 4 is 69.1 Å². The minimum absolute atomic E-state index is 0.0381. The fraction of sp³-hybridized carbons (Fsp3) is 0.300. The van der Waals surface area contributed by atoms with Gasteiger partial charge in [0.15, 0.2) is 17.3 Å². The number of Topliss-reactive ketones (excluding diaryl/α,β-unsaturated/α-hetero) is 3. The van der Waals surface area contributed by atoms with Gasteiger partial charge in [0.05, 0.1) is 54.1 Å². The number of benzene rings is 3. The molecule has 7 atom stereocenters. The van der Waals surface area contributed by atoms with Crippen LogP contribution in [0.5, 0.6) is 0 Å². The highest BCUT2D eigenvalue weighted by molar-refractivity contribution is 6.00. The quantitative estimate of drug-likeness (QED) is 0.0330. The second-order valence-electron chi connectivity index (χ2n) is 31.7. The Morgan fingerprint density at radius 2 is 0.813 bits per heavy atom. The first-order chi connectivity index (χ1) is 58.9. The summed E-state index contributed by atoms with van der Waals surface area (Å²) in [6.45, 7) is 10.9. The number of nitrogens with two attached hydrogens (primary N) is 3. The lowest BCUT2D eigenvalue weighted by Crippen LogP contribution is -2.32. The molecule has 9 aromatic heterocycles. The molecule has 3 aromatic carbocycles. The molecule has 6 fully saturated rings. The summed E-state index contributed by atoms with van der Waals surface area (Å²) in [4.78, 5) is 122. The maximum Gasteiger partial charge on any atom is 0.416 e. The number of imidazole rings is 3.